The van der Waals surface area contributed by atoms with Crippen molar-refractivity contribution in [1.29, 1.82) is 0 Å². The minimum absolute atomic E-state index is 0.293. The molecular weight excluding hydrogens is 367 g/mol. The van der Waals surface area contributed by atoms with Crippen molar-refractivity contribution in [1.82, 2.24) is 14.7 Å². The SMILES string of the molecule is CCN(c1ccc(-n2ccnc2)c(F)c1)c1cc(-c2c(C)noc2C)ccc1C. The topological polar surface area (TPSA) is 47.1 Å². The van der Waals surface area contributed by atoms with Gasteiger partial charge in [0.05, 0.1) is 17.7 Å². The number of imidazole rings is 1. The maximum atomic E-state index is 14.8. The summed E-state index contributed by atoms with van der Waals surface area (Å²) in [5, 5.41) is 4.07. The van der Waals surface area contributed by atoms with E-state index in [4.69, 9.17) is 4.52 Å². The number of nitrogens with zero attached hydrogens (tertiary/aromatic N) is 4. The standard InChI is InChI=1S/C23H23FN4O/c1-5-28(19-8-9-21(20(24)13-19)27-11-10-25-14-27)22-12-18(7-6-15(22)2)23-16(3)26-29-17(23)4/h6-14H,5H2,1-4H3. The van der Waals surface area contributed by atoms with Crippen LogP contribution in [0.3, 0.4) is 0 Å². The molecule has 0 amide bonds. The average molecular weight is 390 g/mol. The van der Waals surface area contributed by atoms with Crippen LogP contribution < -0.4 is 4.90 Å². The summed E-state index contributed by atoms with van der Waals surface area (Å²) in [6.45, 7) is 8.68. The van der Waals surface area contributed by atoms with E-state index in [2.05, 4.69) is 47.1 Å². The van der Waals surface area contributed by atoms with Crippen LogP contribution >= 0.6 is 0 Å². The molecule has 0 unspecified atom stereocenters. The number of halogens is 1. The van der Waals surface area contributed by atoms with E-state index in [1.54, 1.807) is 35.4 Å². The van der Waals surface area contributed by atoms with Crippen molar-refractivity contribution in [2.75, 3.05) is 11.4 Å². The van der Waals surface area contributed by atoms with Crippen LogP contribution in [0, 0.1) is 26.6 Å². The fourth-order valence-electron chi connectivity index (χ4n) is 3.72. The van der Waals surface area contributed by atoms with E-state index >= 15 is 0 Å². The lowest BCUT2D eigenvalue weighted by atomic mass is 10.0. The van der Waals surface area contributed by atoms with Crippen LogP contribution in [0.1, 0.15) is 23.9 Å². The predicted molar refractivity (Wildman–Crippen MR) is 112 cm³/mol. The quantitative estimate of drug-likeness (QED) is 0.435. The van der Waals surface area contributed by atoms with Gasteiger partial charge < -0.3 is 14.0 Å². The van der Waals surface area contributed by atoms with Crippen LogP contribution in [0.5, 0.6) is 0 Å². The summed E-state index contributed by atoms with van der Waals surface area (Å²) in [7, 11) is 0. The van der Waals surface area contributed by atoms with Crippen LogP contribution in [0.2, 0.25) is 0 Å². The summed E-state index contributed by atoms with van der Waals surface area (Å²) in [6, 6.07) is 11.6. The first-order chi connectivity index (χ1) is 14.0. The van der Waals surface area contributed by atoms with Crippen molar-refractivity contribution in [3.63, 3.8) is 0 Å². The second-order valence-corrected chi connectivity index (χ2v) is 7.05. The van der Waals surface area contributed by atoms with Gasteiger partial charge in [-0.3, -0.25) is 0 Å². The van der Waals surface area contributed by atoms with E-state index in [1.165, 1.54) is 0 Å². The van der Waals surface area contributed by atoms with E-state index in [0.29, 0.717) is 12.2 Å². The Morgan fingerprint density at radius 1 is 1.10 bits per heavy atom. The van der Waals surface area contributed by atoms with Crippen LogP contribution in [0.15, 0.2) is 59.6 Å². The van der Waals surface area contributed by atoms with Gasteiger partial charge in [-0.2, -0.15) is 0 Å². The third-order valence-electron chi connectivity index (χ3n) is 5.16. The number of hydrogen-bond donors (Lipinski definition) is 0. The molecule has 0 aliphatic rings. The molecule has 0 spiro atoms. The van der Waals surface area contributed by atoms with Crippen LogP contribution in [-0.4, -0.2) is 21.3 Å². The number of benzene rings is 2. The van der Waals surface area contributed by atoms with Gasteiger partial charge in [0, 0.05) is 35.9 Å². The van der Waals surface area contributed by atoms with Crippen molar-refractivity contribution in [3.8, 4) is 16.8 Å². The molecule has 2 heterocycles. The van der Waals surface area contributed by atoms with Crippen LogP contribution in [-0.2, 0) is 0 Å². The lowest BCUT2D eigenvalue weighted by Crippen LogP contribution is -2.17. The van der Waals surface area contributed by atoms with Gasteiger partial charge in [-0.15, -0.1) is 0 Å². The van der Waals surface area contributed by atoms with Gasteiger partial charge in [-0.05, 0) is 63.1 Å². The molecule has 0 N–H and O–H groups in total. The molecule has 6 heteroatoms. The molecule has 4 aromatic rings. The summed E-state index contributed by atoms with van der Waals surface area (Å²) < 4.78 is 21.8. The highest BCUT2D eigenvalue weighted by atomic mass is 19.1. The molecule has 0 aliphatic heterocycles. The van der Waals surface area contributed by atoms with Gasteiger partial charge in [-0.25, -0.2) is 9.37 Å². The second kappa shape index (κ2) is 7.54. The number of rotatable bonds is 5. The summed E-state index contributed by atoms with van der Waals surface area (Å²) in [5.74, 6) is 0.495. The minimum atomic E-state index is -0.293. The molecule has 0 fully saturated rings. The fourth-order valence-corrected chi connectivity index (χ4v) is 3.72. The first-order valence-electron chi connectivity index (χ1n) is 9.59. The first-order valence-corrected chi connectivity index (χ1v) is 9.59. The Labute approximate surface area is 169 Å². The zero-order chi connectivity index (χ0) is 20.5. The van der Waals surface area contributed by atoms with Gasteiger partial charge in [0.25, 0.3) is 0 Å². The molecule has 29 heavy (non-hydrogen) atoms. The van der Waals surface area contributed by atoms with Crippen molar-refractivity contribution in [2.24, 2.45) is 0 Å². The summed E-state index contributed by atoms with van der Waals surface area (Å²) in [5.41, 5.74) is 6.31. The highest BCUT2D eigenvalue weighted by Gasteiger charge is 2.17. The highest BCUT2D eigenvalue weighted by molar-refractivity contribution is 5.76. The van der Waals surface area contributed by atoms with E-state index in [0.717, 1.165) is 39.5 Å². The average Bonchev–Trinajstić information content (AvgIpc) is 3.34. The largest absolute Gasteiger partial charge is 0.361 e. The van der Waals surface area contributed by atoms with E-state index in [1.807, 2.05) is 19.9 Å². The summed E-state index contributed by atoms with van der Waals surface area (Å²) in [6.07, 6.45) is 4.95. The molecule has 0 radical (unpaired) electrons. The molecule has 0 bridgehead atoms. The van der Waals surface area contributed by atoms with Crippen molar-refractivity contribution >= 4 is 11.4 Å². The molecule has 148 valence electrons. The lowest BCUT2D eigenvalue weighted by Gasteiger charge is -2.26. The van der Waals surface area contributed by atoms with Crippen molar-refractivity contribution < 1.29 is 8.91 Å². The normalized spacial score (nSPS) is 11.1. The molecule has 0 saturated heterocycles. The predicted octanol–water partition coefficient (Wildman–Crippen LogP) is 5.75. The maximum absolute atomic E-state index is 14.8. The van der Waals surface area contributed by atoms with Gasteiger partial charge in [0.2, 0.25) is 0 Å². The Balaban J connectivity index is 1.77. The van der Waals surface area contributed by atoms with Gasteiger partial charge in [0.15, 0.2) is 0 Å². The van der Waals surface area contributed by atoms with Crippen molar-refractivity contribution in [3.05, 3.63) is 78.0 Å². The van der Waals surface area contributed by atoms with Gasteiger partial charge in [0.1, 0.15) is 11.6 Å². The van der Waals surface area contributed by atoms with Gasteiger partial charge in [-0.1, -0.05) is 17.3 Å². The third kappa shape index (κ3) is 3.42. The first kappa shape index (κ1) is 18.9. The van der Waals surface area contributed by atoms with E-state index < -0.39 is 0 Å². The fraction of sp³-hybridized carbons (Fsp3) is 0.217. The summed E-state index contributed by atoms with van der Waals surface area (Å²) in [4.78, 5) is 6.10. The second-order valence-electron chi connectivity index (χ2n) is 7.05. The van der Waals surface area contributed by atoms with Crippen LogP contribution in [0.4, 0.5) is 15.8 Å². The molecule has 0 saturated carbocycles. The zero-order valence-corrected chi connectivity index (χ0v) is 17.0. The number of anilines is 2. The molecule has 4 rings (SSSR count). The third-order valence-corrected chi connectivity index (χ3v) is 5.16. The molecule has 5 nitrogen and oxygen atoms in total. The van der Waals surface area contributed by atoms with E-state index in [-0.39, 0.29) is 5.82 Å². The Morgan fingerprint density at radius 3 is 2.55 bits per heavy atom. The number of aromatic nitrogens is 3. The van der Waals surface area contributed by atoms with Gasteiger partial charge >= 0.3 is 0 Å². The molecule has 2 aromatic carbocycles. The zero-order valence-electron chi connectivity index (χ0n) is 17.0. The molecule has 2 aromatic heterocycles. The summed E-state index contributed by atoms with van der Waals surface area (Å²) >= 11 is 0. The monoisotopic (exact) mass is 390 g/mol. The Hall–Kier alpha value is -3.41. The lowest BCUT2D eigenvalue weighted by molar-refractivity contribution is 0.393. The van der Waals surface area contributed by atoms with Crippen molar-refractivity contribution in [2.45, 2.75) is 27.7 Å². The maximum Gasteiger partial charge on any atom is 0.149 e. The minimum Gasteiger partial charge on any atom is -0.361 e. The van der Waals surface area contributed by atoms with E-state index in [9.17, 15) is 4.39 Å². The Kier molecular flexibility index (Phi) is 4.92. The highest BCUT2D eigenvalue weighted by Crippen LogP contribution is 2.35. The Morgan fingerprint density at radius 2 is 1.93 bits per heavy atom. The van der Waals surface area contributed by atoms with Crippen LogP contribution in [0.25, 0.3) is 16.8 Å². The number of hydrogen-bond acceptors (Lipinski definition) is 4. The molecular formula is C23H23FN4O. The molecule has 0 atom stereocenters. The Bertz CT molecular complexity index is 1130. The molecule has 0 aliphatic carbocycles. The smallest absolute Gasteiger partial charge is 0.149 e. The number of aryl methyl sites for hydroxylation is 3.